The number of aryl methyl sites for hydroxylation is 1. The molecule has 2 rings (SSSR count). The predicted molar refractivity (Wildman–Crippen MR) is 78.4 cm³/mol. The quantitative estimate of drug-likeness (QED) is 0.843. The molecule has 0 spiro atoms. The highest BCUT2D eigenvalue weighted by Crippen LogP contribution is 2.29. The minimum atomic E-state index is 0.0172. The zero-order chi connectivity index (χ0) is 14.5. The number of hydrogen-bond acceptors (Lipinski definition) is 2. The Balaban J connectivity index is 1.93. The smallest absolute Gasteiger partial charge is 0.223 e. The minimum Gasteiger partial charge on any atom is -0.359 e. The fourth-order valence-electron chi connectivity index (χ4n) is 1.97. The Bertz CT molecular complexity index is 513. The summed E-state index contributed by atoms with van der Waals surface area (Å²) < 4.78 is 0. The number of carbonyl (C=O) groups excluding carboxylic acids is 2. The molecular weight excluding hydrogens is 276 g/mol. The third-order valence-electron chi connectivity index (χ3n) is 3.43. The molecule has 1 saturated carbocycles. The van der Waals surface area contributed by atoms with E-state index in [0.717, 1.165) is 24.0 Å². The van der Waals surface area contributed by atoms with E-state index >= 15 is 0 Å². The van der Waals surface area contributed by atoms with E-state index in [0.29, 0.717) is 24.4 Å². The van der Waals surface area contributed by atoms with Gasteiger partial charge in [-0.2, -0.15) is 0 Å². The summed E-state index contributed by atoms with van der Waals surface area (Å²) in [5.74, 6) is 0.325. The van der Waals surface area contributed by atoms with Crippen LogP contribution in [-0.2, 0) is 22.6 Å². The summed E-state index contributed by atoms with van der Waals surface area (Å²) >= 11 is 6.13. The van der Waals surface area contributed by atoms with Crippen LogP contribution in [0, 0.1) is 5.92 Å². The van der Waals surface area contributed by atoms with Gasteiger partial charge in [0.2, 0.25) is 11.8 Å². The van der Waals surface area contributed by atoms with Crippen molar-refractivity contribution >= 4 is 23.4 Å². The SMILES string of the molecule is CNC(=O)CCc1ccc(Cl)c(CNC(=O)C2CC2)c1. The van der Waals surface area contributed by atoms with Gasteiger partial charge in [-0.15, -0.1) is 0 Å². The summed E-state index contributed by atoms with van der Waals surface area (Å²) in [7, 11) is 1.63. The molecule has 1 aromatic carbocycles. The van der Waals surface area contributed by atoms with Crippen molar-refractivity contribution in [2.45, 2.75) is 32.2 Å². The van der Waals surface area contributed by atoms with Gasteiger partial charge in [0.05, 0.1) is 0 Å². The van der Waals surface area contributed by atoms with Gasteiger partial charge < -0.3 is 10.6 Å². The van der Waals surface area contributed by atoms with Crippen molar-refractivity contribution in [2.24, 2.45) is 5.92 Å². The third kappa shape index (κ3) is 4.23. The van der Waals surface area contributed by atoms with E-state index in [1.54, 1.807) is 7.05 Å². The zero-order valence-corrected chi connectivity index (χ0v) is 12.3. The van der Waals surface area contributed by atoms with E-state index in [-0.39, 0.29) is 17.7 Å². The van der Waals surface area contributed by atoms with E-state index in [2.05, 4.69) is 10.6 Å². The average molecular weight is 295 g/mol. The lowest BCUT2D eigenvalue weighted by atomic mass is 10.1. The maximum Gasteiger partial charge on any atom is 0.223 e. The molecule has 4 nitrogen and oxygen atoms in total. The first-order chi connectivity index (χ1) is 9.60. The number of halogens is 1. The van der Waals surface area contributed by atoms with Crippen LogP contribution in [0.3, 0.4) is 0 Å². The van der Waals surface area contributed by atoms with E-state index in [4.69, 9.17) is 11.6 Å². The molecule has 0 unspecified atom stereocenters. The van der Waals surface area contributed by atoms with Gasteiger partial charge in [0.1, 0.15) is 0 Å². The summed E-state index contributed by atoms with van der Waals surface area (Å²) in [5, 5.41) is 6.14. The summed E-state index contributed by atoms with van der Waals surface area (Å²) in [6.45, 7) is 0.446. The van der Waals surface area contributed by atoms with Crippen LogP contribution in [0.15, 0.2) is 18.2 Å². The molecule has 0 heterocycles. The molecule has 0 radical (unpaired) electrons. The maximum absolute atomic E-state index is 11.6. The van der Waals surface area contributed by atoms with Crippen molar-refractivity contribution in [3.63, 3.8) is 0 Å². The number of amides is 2. The molecule has 0 aliphatic heterocycles. The molecule has 2 N–H and O–H groups in total. The van der Waals surface area contributed by atoms with Crippen LogP contribution in [0.1, 0.15) is 30.4 Å². The first-order valence-electron chi connectivity index (χ1n) is 6.85. The van der Waals surface area contributed by atoms with Crippen molar-refractivity contribution in [1.29, 1.82) is 0 Å². The summed E-state index contributed by atoms with van der Waals surface area (Å²) in [6, 6.07) is 5.69. The van der Waals surface area contributed by atoms with Gasteiger partial charge in [-0.05, 0) is 36.5 Å². The number of nitrogens with one attached hydrogen (secondary N) is 2. The normalized spacial score (nSPS) is 13.9. The lowest BCUT2D eigenvalue weighted by molar-refractivity contribution is -0.122. The number of hydrogen-bond donors (Lipinski definition) is 2. The van der Waals surface area contributed by atoms with Crippen molar-refractivity contribution in [3.05, 3.63) is 34.3 Å². The van der Waals surface area contributed by atoms with Crippen LogP contribution in [0.2, 0.25) is 5.02 Å². The lowest BCUT2D eigenvalue weighted by Gasteiger charge is -2.09. The predicted octanol–water partition coefficient (Wildman–Crippen LogP) is 2.04. The second kappa shape index (κ2) is 6.75. The van der Waals surface area contributed by atoms with Crippen LogP contribution in [-0.4, -0.2) is 18.9 Å². The molecule has 0 atom stereocenters. The molecule has 2 amide bonds. The highest BCUT2D eigenvalue weighted by molar-refractivity contribution is 6.31. The summed E-state index contributed by atoms with van der Waals surface area (Å²) in [5.41, 5.74) is 1.95. The molecule has 20 heavy (non-hydrogen) atoms. The molecule has 0 saturated heterocycles. The topological polar surface area (TPSA) is 58.2 Å². The van der Waals surface area contributed by atoms with Crippen LogP contribution >= 0.6 is 11.6 Å². The average Bonchev–Trinajstić information content (AvgIpc) is 3.28. The molecule has 5 heteroatoms. The Morgan fingerprint density at radius 2 is 2.10 bits per heavy atom. The van der Waals surface area contributed by atoms with Gasteiger partial charge in [-0.1, -0.05) is 23.7 Å². The van der Waals surface area contributed by atoms with Crippen molar-refractivity contribution in [2.75, 3.05) is 7.05 Å². The Kier molecular flexibility index (Phi) is 5.01. The van der Waals surface area contributed by atoms with E-state index in [1.807, 2.05) is 18.2 Å². The molecular formula is C15H19ClN2O2. The second-order valence-electron chi connectivity index (χ2n) is 5.09. The first-order valence-corrected chi connectivity index (χ1v) is 7.23. The maximum atomic E-state index is 11.6. The molecule has 0 bridgehead atoms. The van der Waals surface area contributed by atoms with Crippen molar-refractivity contribution in [1.82, 2.24) is 10.6 Å². The summed E-state index contributed by atoms with van der Waals surface area (Å²) in [4.78, 5) is 22.9. The highest BCUT2D eigenvalue weighted by Gasteiger charge is 2.29. The number of rotatable bonds is 6. The minimum absolute atomic E-state index is 0.0172. The van der Waals surface area contributed by atoms with Crippen molar-refractivity contribution < 1.29 is 9.59 Å². The monoisotopic (exact) mass is 294 g/mol. The fraction of sp³-hybridized carbons (Fsp3) is 0.467. The highest BCUT2D eigenvalue weighted by atomic mass is 35.5. The Morgan fingerprint density at radius 1 is 1.35 bits per heavy atom. The van der Waals surface area contributed by atoms with Crippen LogP contribution in [0.4, 0.5) is 0 Å². The Hall–Kier alpha value is -1.55. The molecule has 1 fully saturated rings. The molecule has 1 aliphatic carbocycles. The van der Waals surface area contributed by atoms with Gasteiger partial charge >= 0.3 is 0 Å². The zero-order valence-electron chi connectivity index (χ0n) is 11.5. The van der Waals surface area contributed by atoms with E-state index in [1.165, 1.54) is 0 Å². The molecule has 0 aromatic heterocycles. The number of benzene rings is 1. The van der Waals surface area contributed by atoms with Gasteiger partial charge in [0.25, 0.3) is 0 Å². The molecule has 108 valence electrons. The molecule has 1 aliphatic rings. The lowest BCUT2D eigenvalue weighted by Crippen LogP contribution is -2.24. The van der Waals surface area contributed by atoms with E-state index < -0.39 is 0 Å². The Labute approximate surface area is 123 Å². The van der Waals surface area contributed by atoms with E-state index in [9.17, 15) is 9.59 Å². The first kappa shape index (κ1) is 14.9. The summed E-state index contributed by atoms with van der Waals surface area (Å²) in [6.07, 6.45) is 3.10. The third-order valence-corrected chi connectivity index (χ3v) is 3.80. The standard InChI is InChI=1S/C15H19ClN2O2/c1-17-14(19)7-3-10-2-6-13(16)12(8-10)9-18-15(20)11-4-5-11/h2,6,8,11H,3-5,7,9H2,1H3,(H,17,19)(H,18,20). The van der Waals surface area contributed by atoms with Gasteiger partial charge in [0.15, 0.2) is 0 Å². The second-order valence-corrected chi connectivity index (χ2v) is 5.50. The van der Waals surface area contributed by atoms with Gasteiger partial charge in [0, 0.05) is 31.0 Å². The molecule has 1 aromatic rings. The van der Waals surface area contributed by atoms with Crippen LogP contribution in [0.5, 0.6) is 0 Å². The van der Waals surface area contributed by atoms with Gasteiger partial charge in [-0.3, -0.25) is 9.59 Å². The van der Waals surface area contributed by atoms with Gasteiger partial charge in [-0.25, -0.2) is 0 Å². The Morgan fingerprint density at radius 3 is 2.75 bits per heavy atom. The van der Waals surface area contributed by atoms with Crippen LogP contribution < -0.4 is 10.6 Å². The van der Waals surface area contributed by atoms with Crippen LogP contribution in [0.25, 0.3) is 0 Å². The fourth-order valence-corrected chi connectivity index (χ4v) is 2.16. The largest absolute Gasteiger partial charge is 0.359 e. The van der Waals surface area contributed by atoms with Crippen molar-refractivity contribution in [3.8, 4) is 0 Å². The number of carbonyl (C=O) groups is 2.